The molecule has 0 aliphatic carbocycles. The molecule has 5 heterocycles. The summed E-state index contributed by atoms with van der Waals surface area (Å²) in [5.74, 6) is -0.968. The van der Waals surface area contributed by atoms with E-state index in [0.29, 0.717) is 17.5 Å². The zero-order chi connectivity index (χ0) is 22.7. The van der Waals surface area contributed by atoms with Crippen LogP contribution in [0, 0.1) is 18.6 Å². The summed E-state index contributed by atoms with van der Waals surface area (Å²) < 4.78 is 33.9. The fourth-order valence-corrected chi connectivity index (χ4v) is 4.27. The molecule has 0 bridgehead atoms. The van der Waals surface area contributed by atoms with Crippen LogP contribution in [0.15, 0.2) is 42.9 Å². The third-order valence-electron chi connectivity index (χ3n) is 6.12. The molecule has 0 atom stereocenters. The van der Waals surface area contributed by atoms with Gasteiger partial charge in [0.1, 0.15) is 11.6 Å². The first-order valence-electron chi connectivity index (χ1n) is 10.6. The lowest BCUT2D eigenvalue weighted by Gasteiger charge is -2.36. The van der Waals surface area contributed by atoms with E-state index in [1.54, 1.807) is 24.5 Å². The smallest absolute Gasteiger partial charge is 0.177 e. The van der Waals surface area contributed by atoms with Crippen molar-refractivity contribution in [2.24, 2.45) is 0 Å². The number of hydrogen-bond donors (Lipinski definition) is 0. The normalized spacial score (nSPS) is 14.9. The van der Waals surface area contributed by atoms with Gasteiger partial charge in [0.25, 0.3) is 0 Å². The van der Waals surface area contributed by atoms with Gasteiger partial charge in [-0.2, -0.15) is 14.7 Å². The predicted molar refractivity (Wildman–Crippen MR) is 118 cm³/mol. The monoisotopic (exact) mass is 446 g/mol. The van der Waals surface area contributed by atoms with Crippen molar-refractivity contribution in [2.75, 3.05) is 20.1 Å². The second-order valence-corrected chi connectivity index (χ2v) is 8.56. The summed E-state index contributed by atoms with van der Waals surface area (Å²) in [6.07, 6.45) is 5.23. The predicted octanol–water partition coefficient (Wildman–Crippen LogP) is 3.20. The van der Waals surface area contributed by atoms with Gasteiger partial charge in [-0.1, -0.05) is 0 Å². The van der Waals surface area contributed by atoms with Crippen LogP contribution >= 0.6 is 0 Å². The average Bonchev–Trinajstić information content (AvgIpc) is 3.41. The second kappa shape index (κ2) is 7.38. The zero-order valence-electron chi connectivity index (χ0n) is 18.1. The first-order valence-corrected chi connectivity index (χ1v) is 10.6. The molecule has 0 N–H and O–H groups in total. The molecule has 1 fully saturated rings. The van der Waals surface area contributed by atoms with Gasteiger partial charge in [0, 0.05) is 60.0 Å². The van der Waals surface area contributed by atoms with Gasteiger partial charge in [-0.15, -0.1) is 10.2 Å². The van der Waals surface area contributed by atoms with Crippen molar-refractivity contribution in [2.45, 2.75) is 19.4 Å². The SMILES string of the molecule is Cc1ccc2nnc(Cc3c(F)cc4ncc(-c5cnn(C6CN(C)C6)c5)cc4c3F)n2n1. The fourth-order valence-electron chi connectivity index (χ4n) is 4.27. The topological polar surface area (TPSA) is 77.0 Å². The van der Waals surface area contributed by atoms with Gasteiger partial charge in [0.2, 0.25) is 0 Å². The molecule has 166 valence electrons. The zero-order valence-corrected chi connectivity index (χ0v) is 18.1. The van der Waals surface area contributed by atoms with Crippen LogP contribution in [0.1, 0.15) is 23.1 Å². The van der Waals surface area contributed by atoms with Crippen LogP contribution in [0.5, 0.6) is 0 Å². The molecule has 10 heteroatoms. The third kappa shape index (κ3) is 3.34. The molecule has 1 aliphatic rings. The van der Waals surface area contributed by atoms with E-state index in [1.165, 1.54) is 10.6 Å². The maximum Gasteiger partial charge on any atom is 0.177 e. The number of nitrogens with zero attached hydrogens (tertiary/aromatic N) is 8. The summed E-state index contributed by atoms with van der Waals surface area (Å²) in [5.41, 5.74) is 3.01. The van der Waals surface area contributed by atoms with Crippen molar-refractivity contribution < 1.29 is 8.78 Å². The number of likely N-dealkylation sites (N-methyl/N-ethyl adjacent to an activating group) is 1. The first kappa shape index (κ1) is 19.9. The van der Waals surface area contributed by atoms with Crippen LogP contribution in [-0.4, -0.2) is 59.6 Å². The van der Waals surface area contributed by atoms with E-state index >= 15 is 4.39 Å². The molecule has 0 saturated carbocycles. The Bertz CT molecular complexity index is 1520. The maximum absolute atomic E-state index is 15.6. The number of likely N-dealkylation sites (tertiary alicyclic amines) is 1. The summed E-state index contributed by atoms with van der Waals surface area (Å²) in [5, 5.41) is 17.2. The lowest BCUT2D eigenvalue weighted by Crippen LogP contribution is -2.45. The van der Waals surface area contributed by atoms with Crippen molar-refractivity contribution in [1.29, 1.82) is 0 Å². The standard InChI is InChI=1S/C23H20F2N8/c1-13-3-4-21-28-29-22(33(21)30-13)6-17-19(24)7-20-18(23(17)25)5-14(8-26-20)15-9-27-32(10-15)16-11-31(2)12-16/h3-5,7-10,16H,6,11-12H2,1-2H3. The highest BCUT2D eigenvalue weighted by Crippen LogP contribution is 2.29. The van der Waals surface area contributed by atoms with Crippen LogP contribution in [0.25, 0.3) is 27.7 Å². The van der Waals surface area contributed by atoms with E-state index in [4.69, 9.17) is 0 Å². The van der Waals surface area contributed by atoms with E-state index in [0.717, 1.165) is 29.9 Å². The molecule has 4 aromatic heterocycles. The van der Waals surface area contributed by atoms with E-state index in [1.807, 2.05) is 23.9 Å². The summed E-state index contributed by atoms with van der Waals surface area (Å²) in [7, 11) is 2.06. The second-order valence-electron chi connectivity index (χ2n) is 8.56. The molecule has 6 rings (SSSR count). The Hall–Kier alpha value is -3.79. The van der Waals surface area contributed by atoms with Crippen LogP contribution in [-0.2, 0) is 6.42 Å². The van der Waals surface area contributed by atoms with Crippen molar-refractivity contribution >= 4 is 16.6 Å². The third-order valence-corrected chi connectivity index (χ3v) is 6.12. The van der Waals surface area contributed by atoms with E-state index in [-0.39, 0.29) is 22.9 Å². The van der Waals surface area contributed by atoms with Gasteiger partial charge in [0.05, 0.1) is 23.4 Å². The number of aromatic nitrogens is 7. The number of halogens is 2. The summed E-state index contributed by atoms with van der Waals surface area (Å²) >= 11 is 0. The van der Waals surface area contributed by atoms with Crippen LogP contribution in [0.2, 0.25) is 0 Å². The number of pyridine rings is 1. The maximum atomic E-state index is 15.6. The Balaban J connectivity index is 1.39. The Morgan fingerprint density at radius 3 is 2.73 bits per heavy atom. The minimum atomic E-state index is -0.674. The van der Waals surface area contributed by atoms with E-state index in [2.05, 4.69) is 37.3 Å². The van der Waals surface area contributed by atoms with Gasteiger partial charge in [-0.05, 0) is 32.2 Å². The van der Waals surface area contributed by atoms with Gasteiger partial charge >= 0.3 is 0 Å². The molecule has 0 unspecified atom stereocenters. The summed E-state index contributed by atoms with van der Waals surface area (Å²) in [4.78, 5) is 6.52. The highest BCUT2D eigenvalue weighted by atomic mass is 19.1. The molecule has 33 heavy (non-hydrogen) atoms. The highest BCUT2D eigenvalue weighted by molar-refractivity contribution is 5.84. The minimum absolute atomic E-state index is 0.0808. The summed E-state index contributed by atoms with van der Waals surface area (Å²) in [6.45, 7) is 3.72. The van der Waals surface area contributed by atoms with Crippen molar-refractivity contribution in [3.63, 3.8) is 0 Å². The number of benzene rings is 1. The van der Waals surface area contributed by atoms with Crippen LogP contribution in [0.4, 0.5) is 8.78 Å². The van der Waals surface area contributed by atoms with E-state index < -0.39 is 11.6 Å². The molecule has 0 radical (unpaired) electrons. The molecule has 1 aliphatic heterocycles. The van der Waals surface area contributed by atoms with Gasteiger partial charge < -0.3 is 4.90 Å². The number of fused-ring (bicyclic) bond motifs is 2. The van der Waals surface area contributed by atoms with Crippen molar-refractivity contribution in [3.05, 3.63) is 71.6 Å². The lowest BCUT2D eigenvalue weighted by atomic mass is 10.0. The van der Waals surface area contributed by atoms with Gasteiger partial charge in [-0.3, -0.25) is 9.67 Å². The van der Waals surface area contributed by atoms with Crippen molar-refractivity contribution in [1.82, 2.24) is 39.5 Å². The average molecular weight is 446 g/mol. The van der Waals surface area contributed by atoms with Crippen molar-refractivity contribution in [3.8, 4) is 11.1 Å². The Morgan fingerprint density at radius 1 is 1.06 bits per heavy atom. The van der Waals surface area contributed by atoms with Gasteiger partial charge in [-0.25, -0.2) is 8.78 Å². The molecule has 1 saturated heterocycles. The minimum Gasteiger partial charge on any atom is -0.302 e. The Morgan fingerprint density at radius 2 is 1.91 bits per heavy atom. The quantitative estimate of drug-likeness (QED) is 0.422. The van der Waals surface area contributed by atoms with Crippen LogP contribution in [0.3, 0.4) is 0 Å². The molecule has 0 amide bonds. The van der Waals surface area contributed by atoms with E-state index in [9.17, 15) is 4.39 Å². The molecule has 1 aromatic carbocycles. The van der Waals surface area contributed by atoms with Crippen LogP contribution < -0.4 is 0 Å². The lowest BCUT2D eigenvalue weighted by molar-refractivity contribution is 0.130. The largest absolute Gasteiger partial charge is 0.302 e. The molecule has 5 aromatic rings. The highest BCUT2D eigenvalue weighted by Gasteiger charge is 2.25. The van der Waals surface area contributed by atoms with Gasteiger partial charge in [0.15, 0.2) is 11.5 Å². The molecular formula is C23H20F2N8. The number of aryl methyl sites for hydroxylation is 1. The molecule has 0 spiro atoms. The molecular weight excluding hydrogens is 426 g/mol. The fraction of sp³-hybridized carbons (Fsp3) is 0.261. The first-order chi connectivity index (χ1) is 16.0. The summed E-state index contributed by atoms with van der Waals surface area (Å²) in [6, 6.07) is 6.87. The Labute approximate surface area is 187 Å². The number of hydrogen-bond acceptors (Lipinski definition) is 6. The Kier molecular flexibility index (Phi) is 4.44. The number of rotatable bonds is 4. The molecule has 8 nitrogen and oxygen atoms in total.